The molecule has 1 saturated heterocycles. The fraction of sp³-hybridized carbons (Fsp3) is 0.381. The van der Waals surface area contributed by atoms with Gasteiger partial charge in [-0.05, 0) is 63.0 Å². The van der Waals surface area contributed by atoms with Gasteiger partial charge in [-0.3, -0.25) is 4.79 Å². The minimum atomic E-state index is -3.64. The standard InChI is InChI=1S/C21H25BFNO6S/c1-20(2)21(3,4)30-22(29-20)16-10-17(23)12-18(11-16)28-13-14-6-8-15(9-7-14)19(25)24-31(5,26)27/h6-12H,13H2,1-5H3,(H,24,25). The fourth-order valence-corrected chi connectivity index (χ4v) is 3.38. The Morgan fingerprint density at radius 2 is 1.65 bits per heavy atom. The van der Waals surface area contributed by atoms with E-state index in [0.717, 1.165) is 11.8 Å². The van der Waals surface area contributed by atoms with Crippen molar-refractivity contribution in [2.75, 3.05) is 6.26 Å². The first kappa shape index (κ1) is 23.2. The van der Waals surface area contributed by atoms with Crippen LogP contribution in [0.3, 0.4) is 0 Å². The first-order chi connectivity index (χ1) is 14.3. The van der Waals surface area contributed by atoms with Gasteiger partial charge >= 0.3 is 7.12 Å². The van der Waals surface area contributed by atoms with Gasteiger partial charge in [0.05, 0.1) is 17.5 Å². The number of amides is 1. The van der Waals surface area contributed by atoms with Crippen LogP contribution >= 0.6 is 0 Å². The molecule has 0 aliphatic carbocycles. The minimum Gasteiger partial charge on any atom is -0.489 e. The van der Waals surface area contributed by atoms with Gasteiger partial charge in [0, 0.05) is 11.6 Å². The van der Waals surface area contributed by atoms with E-state index in [4.69, 9.17) is 14.0 Å². The van der Waals surface area contributed by atoms with Gasteiger partial charge in [-0.15, -0.1) is 0 Å². The van der Waals surface area contributed by atoms with E-state index in [1.165, 1.54) is 24.3 Å². The quantitative estimate of drug-likeness (QED) is 0.682. The summed E-state index contributed by atoms with van der Waals surface area (Å²) in [4.78, 5) is 11.9. The van der Waals surface area contributed by atoms with Crippen LogP contribution in [0.4, 0.5) is 4.39 Å². The summed E-state index contributed by atoms with van der Waals surface area (Å²) in [7, 11) is -4.35. The number of ether oxygens (including phenoxy) is 1. The Balaban J connectivity index is 1.68. The van der Waals surface area contributed by atoms with Crippen molar-refractivity contribution >= 4 is 28.5 Å². The summed E-state index contributed by atoms with van der Waals surface area (Å²) in [5.41, 5.74) is 0.341. The summed E-state index contributed by atoms with van der Waals surface area (Å²) in [6, 6.07) is 10.5. The normalized spacial score (nSPS) is 17.4. The molecule has 1 amide bonds. The van der Waals surface area contributed by atoms with Crippen LogP contribution in [0.15, 0.2) is 42.5 Å². The predicted molar refractivity (Wildman–Crippen MR) is 115 cm³/mol. The molecule has 166 valence electrons. The van der Waals surface area contributed by atoms with Crippen molar-refractivity contribution in [3.63, 3.8) is 0 Å². The van der Waals surface area contributed by atoms with Crippen molar-refractivity contribution in [3.8, 4) is 5.75 Å². The molecule has 2 aromatic carbocycles. The maximum atomic E-state index is 14.2. The first-order valence-corrected chi connectivity index (χ1v) is 11.5. The summed E-state index contributed by atoms with van der Waals surface area (Å²) >= 11 is 0. The Labute approximate surface area is 182 Å². The summed E-state index contributed by atoms with van der Waals surface area (Å²) in [5, 5.41) is 0. The second kappa shape index (κ2) is 8.25. The lowest BCUT2D eigenvalue weighted by Gasteiger charge is -2.32. The van der Waals surface area contributed by atoms with Crippen molar-refractivity contribution in [2.24, 2.45) is 0 Å². The van der Waals surface area contributed by atoms with Gasteiger partial charge in [-0.1, -0.05) is 12.1 Å². The van der Waals surface area contributed by atoms with Crippen LogP contribution < -0.4 is 14.9 Å². The number of carbonyl (C=O) groups is 1. The number of sulfonamides is 1. The third-order valence-corrected chi connectivity index (χ3v) is 5.87. The summed E-state index contributed by atoms with van der Waals surface area (Å²) in [5.74, 6) is -0.884. The molecule has 7 nitrogen and oxygen atoms in total. The topological polar surface area (TPSA) is 90.9 Å². The molecule has 1 aliphatic rings. The Morgan fingerprint density at radius 1 is 1.06 bits per heavy atom. The van der Waals surface area contributed by atoms with Gasteiger partial charge in [0.15, 0.2) is 0 Å². The lowest BCUT2D eigenvalue weighted by Crippen LogP contribution is -2.41. The minimum absolute atomic E-state index is 0.125. The van der Waals surface area contributed by atoms with Crippen LogP contribution in [-0.2, 0) is 25.9 Å². The van der Waals surface area contributed by atoms with Crippen molar-refractivity contribution in [3.05, 3.63) is 59.4 Å². The zero-order valence-corrected chi connectivity index (χ0v) is 18.9. The fourth-order valence-electron chi connectivity index (χ4n) is 2.93. The van der Waals surface area contributed by atoms with E-state index in [2.05, 4.69) is 0 Å². The van der Waals surface area contributed by atoms with Gasteiger partial charge in [0.2, 0.25) is 10.0 Å². The Bertz CT molecular complexity index is 1070. The molecule has 1 heterocycles. The second-order valence-electron chi connectivity index (χ2n) is 8.50. The zero-order valence-electron chi connectivity index (χ0n) is 18.1. The second-order valence-corrected chi connectivity index (χ2v) is 10.2. The molecule has 2 aromatic rings. The molecule has 0 radical (unpaired) electrons. The number of benzene rings is 2. The van der Waals surface area contributed by atoms with Crippen LogP contribution in [0.1, 0.15) is 43.6 Å². The van der Waals surface area contributed by atoms with Crippen molar-refractivity contribution < 1.29 is 31.6 Å². The molecule has 1 fully saturated rings. The van der Waals surface area contributed by atoms with Gasteiger partial charge < -0.3 is 14.0 Å². The molecule has 31 heavy (non-hydrogen) atoms. The average molecular weight is 449 g/mol. The highest BCUT2D eigenvalue weighted by atomic mass is 32.2. The van der Waals surface area contributed by atoms with E-state index < -0.39 is 40.1 Å². The molecule has 1 N–H and O–H groups in total. The van der Waals surface area contributed by atoms with Crippen molar-refractivity contribution in [1.29, 1.82) is 0 Å². The number of halogens is 1. The molecule has 10 heteroatoms. The maximum absolute atomic E-state index is 14.2. The molecule has 0 spiro atoms. The predicted octanol–water partition coefficient (Wildman–Crippen LogP) is 2.39. The number of hydrogen-bond donors (Lipinski definition) is 1. The lowest BCUT2D eigenvalue weighted by atomic mass is 9.79. The van der Waals surface area contributed by atoms with Crippen molar-refractivity contribution in [1.82, 2.24) is 4.72 Å². The molecule has 3 rings (SSSR count). The van der Waals surface area contributed by atoms with Crippen LogP contribution in [0.2, 0.25) is 0 Å². The average Bonchev–Trinajstić information content (AvgIpc) is 2.86. The highest BCUT2D eigenvalue weighted by Crippen LogP contribution is 2.36. The smallest absolute Gasteiger partial charge is 0.489 e. The van der Waals surface area contributed by atoms with Crippen LogP contribution in [0.25, 0.3) is 0 Å². The first-order valence-electron chi connectivity index (χ1n) is 9.66. The summed E-state index contributed by atoms with van der Waals surface area (Å²) < 4.78 is 56.1. The molecular weight excluding hydrogens is 424 g/mol. The molecule has 0 saturated carbocycles. The maximum Gasteiger partial charge on any atom is 0.495 e. The third kappa shape index (κ3) is 5.64. The number of hydrogen-bond acceptors (Lipinski definition) is 6. The van der Waals surface area contributed by atoms with Gasteiger partial charge in [0.1, 0.15) is 18.2 Å². The largest absolute Gasteiger partial charge is 0.495 e. The molecule has 0 aromatic heterocycles. The molecular formula is C21H25BFNO6S. The van der Waals surface area contributed by atoms with E-state index >= 15 is 0 Å². The number of carbonyl (C=O) groups excluding carboxylic acids is 1. The number of nitrogens with one attached hydrogen (secondary N) is 1. The van der Waals surface area contributed by atoms with Crippen LogP contribution in [0, 0.1) is 5.82 Å². The third-order valence-electron chi connectivity index (χ3n) is 5.32. The lowest BCUT2D eigenvalue weighted by molar-refractivity contribution is 0.00578. The Kier molecular flexibility index (Phi) is 6.19. The van der Waals surface area contributed by atoms with E-state index in [9.17, 15) is 17.6 Å². The molecule has 0 atom stereocenters. The highest BCUT2D eigenvalue weighted by molar-refractivity contribution is 7.89. The van der Waals surface area contributed by atoms with Crippen LogP contribution in [0.5, 0.6) is 5.75 Å². The monoisotopic (exact) mass is 449 g/mol. The summed E-state index contributed by atoms with van der Waals surface area (Å²) in [6.45, 7) is 7.81. The van der Waals surface area contributed by atoms with E-state index in [1.54, 1.807) is 18.2 Å². The van der Waals surface area contributed by atoms with E-state index in [1.807, 2.05) is 32.4 Å². The van der Waals surface area contributed by atoms with Crippen LogP contribution in [-0.4, -0.2) is 38.9 Å². The highest BCUT2D eigenvalue weighted by Gasteiger charge is 2.51. The van der Waals surface area contributed by atoms with Gasteiger partial charge in [-0.25, -0.2) is 17.5 Å². The zero-order chi connectivity index (χ0) is 23.0. The molecule has 0 bridgehead atoms. The molecule has 0 unspecified atom stereocenters. The Hall–Kier alpha value is -2.43. The van der Waals surface area contributed by atoms with Crippen molar-refractivity contribution in [2.45, 2.75) is 45.5 Å². The van der Waals surface area contributed by atoms with E-state index in [-0.39, 0.29) is 12.2 Å². The van der Waals surface area contributed by atoms with Gasteiger partial charge in [0.25, 0.3) is 5.91 Å². The Morgan fingerprint density at radius 3 is 2.19 bits per heavy atom. The number of rotatable bonds is 6. The van der Waals surface area contributed by atoms with E-state index in [0.29, 0.717) is 11.2 Å². The van der Waals surface area contributed by atoms with Gasteiger partial charge in [-0.2, -0.15) is 0 Å². The SMILES string of the molecule is CC1(C)OB(c2cc(F)cc(OCc3ccc(C(=O)NS(C)(=O)=O)cc3)c2)OC1(C)C. The summed E-state index contributed by atoms with van der Waals surface area (Å²) in [6.07, 6.45) is 0.907. The molecule has 1 aliphatic heterocycles.